The van der Waals surface area contributed by atoms with Crippen molar-refractivity contribution in [3.8, 4) is 5.75 Å². The lowest BCUT2D eigenvalue weighted by molar-refractivity contribution is -0.0394. The second-order valence-corrected chi connectivity index (χ2v) is 8.32. The van der Waals surface area contributed by atoms with Crippen LogP contribution in [0.5, 0.6) is 5.75 Å². The van der Waals surface area contributed by atoms with E-state index >= 15 is 0 Å². The van der Waals surface area contributed by atoms with Crippen LogP contribution in [0.1, 0.15) is 44.1 Å². The Kier molecular flexibility index (Phi) is 3.33. The molecule has 1 aromatic carbocycles. The molecule has 0 amide bonds. The minimum Gasteiger partial charge on any atom is -0.508 e. The fourth-order valence-electron chi connectivity index (χ4n) is 5.59. The summed E-state index contributed by atoms with van der Waals surface area (Å²) in [7, 11) is 0. The number of halogens is 1. The molecule has 0 radical (unpaired) electrons. The summed E-state index contributed by atoms with van der Waals surface area (Å²) in [5.41, 5.74) is 1.12. The summed E-state index contributed by atoms with van der Waals surface area (Å²) in [6, 6.07) is 5.82. The zero-order valence-corrected chi connectivity index (χ0v) is 13.5. The third-order valence-corrected chi connectivity index (χ3v) is 6.70. The average Bonchev–Trinajstić information content (AvgIpc) is 2.41. The van der Waals surface area contributed by atoms with Crippen molar-refractivity contribution < 1.29 is 5.11 Å². The highest BCUT2D eigenvalue weighted by Crippen LogP contribution is 2.57. The molecule has 20 heavy (non-hydrogen) atoms. The monoisotopic (exact) mass is 334 g/mol. The molecule has 0 aromatic heterocycles. The first-order valence-corrected chi connectivity index (χ1v) is 8.95. The lowest BCUT2D eigenvalue weighted by Crippen LogP contribution is -2.45. The predicted octanol–water partition coefficient (Wildman–Crippen LogP) is 5.16. The molecule has 1 N–H and O–H groups in total. The third kappa shape index (κ3) is 2.30. The summed E-state index contributed by atoms with van der Waals surface area (Å²) in [4.78, 5) is 0. The van der Waals surface area contributed by atoms with Crippen LogP contribution in [0, 0.1) is 29.6 Å². The standard InChI is InChI=1S/C18H23BrO/c19-16-2-4-18(20)13(10-16)1-3-17-14-6-11-5-12(8-14)9-15(17)7-11/h2,4,10-12,14-15,17,20H,1,3,5-9H2. The van der Waals surface area contributed by atoms with Crippen LogP contribution in [0.2, 0.25) is 0 Å². The van der Waals surface area contributed by atoms with E-state index in [0.29, 0.717) is 5.75 Å². The van der Waals surface area contributed by atoms with Crippen LogP contribution in [-0.4, -0.2) is 5.11 Å². The van der Waals surface area contributed by atoms with E-state index in [4.69, 9.17) is 0 Å². The van der Waals surface area contributed by atoms with Crippen LogP contribution < -0.4 is 0 Å². The summed E-state index contributed by atoms with van der Waals surface area (Å²) < 4.78 is 1.08. The molecule has 0 heterocycles. The molecule has 1 aromatic rings. The highest BCUT2D eigenvalue weighted by Gasteiger charge is 2.47. The molecule has 4 aliphatic carbocycles. The topological polar surface area (TPSA) is 20.2 Å². The fraction of sp³-hybridized carbons (Fsp3) is 0.667. The molecule has 0 unspecified atom stereocenters. The molecule has 0 spiro atoms. The van der Waals surface area contributed by atoms with Crippen LogP contribution in [0.3, 0.4) is 0 Å². The van der Waals surface area contributed by atoms with Gasteiger partial charge in [-0.2, -0.15) is 0 Å². The third-order valence-electron chi connectivity index (χ3n) is 6.21. The van der Waals surface area contributed by atoms with Crippen molar-refractivity contribution in [3.63, 3.8) is 0 Å². The van der Waals surface area contributed by atoms with Gasteiger partial charge in [0.1, 0.15) is 5.75 Å². The first-order valence-electron chi connectivity index (χ1n) is 8.16. The van der Waals surface area contributed by atoms with Crippen molar-refractivity contribution in [2.75, 3.05) is 0 Å². The van der Waals surface area contributed by atoms with E-state index in [9.17, 15) is 5.11 Å². The summed E-state index contributed by atoms with van der Waals surface area (Å²) in [6.45, 7) is 0. The number of benzene rings is 1. The Morgan fingerprint density at radius 1 is 1.00 bits per heavy atom. The van der Waals surface area contributed by atoms with Gasteiger partial charge in [0, 0.05) is 4.47 Å². The number of phenols is 1. The highest BCUT2D eigenvalue weighted by molar-refractivity contribution is 9.10. The van der Waals surface area contributed by atoms with Crippen molar-refractivity contribution >= 4 is 15.9 Å². The number of phenolic OH excluding ortho intramolecular Hbond substituents is 1. The fourth-order valence-corrected chi connectivity index (χ4v) is 5.99. The zero-order chi connectivity index (χ0) is 13.7. The van der Waals surface area contributed by atoms with Gasteiger partial charge in [0.05, 0.1) is 0 Å². The molecule has 4 fully saturated rings. The zero-order valence-electron chi connectivity index (χ0n) is 11.9. The van der Waals surface area contributed by atoms with Gasteiger partial charge in [0.2, 0.25) is 0 Å². The number of aromatic hydroxyl groups is 1. The van der Waals surface area contributed by atoms with E-state index < -0.39 is 0 Å². The molecule has 5 rings (SSSR count). The van der Waals surface area contributed by atoms with Crippen molar-refractivity contribution in [1.29, 1.82) is 0 Å². The second-order valence-electron chi connectivity index (χ2n) is 7.41. The second kappa shape index (κ2) is 5.05. The Morgan fingerprint density at radius 2 is 1.65 bits per heavy atom. The maximum absolute atomic E-state index is 10.00. The highest BCUT2D eigenvalue weighted by atomic mass is 79.9. The molecule has 4 saturated carbocycles. The molecule has 0 saturated heterocycles. The molecule has 0 aliphatic heterocycles. The summed E-state index contributed by atoms with van der Waals surface area (Å²) in [6.07, 6.45) is 9.86. The summed E-state index contributed by atoms with van der Waals surface area (Å²) in [5.74, 6) is 5.53. The number of aryl methyl sites for hydroxylation is 1. The number of rotatable bonds is 3. The molecule has 1 nitrogen and oxygen atoms in total. The van der Waals surface area contributed by atoms with Crippen LogP contribution in [0.4, 0.5) is 0 Å². The first-order chi connectivity index (χ1) is 9.69. The number of hydrogen-bond acceptors (Lipinski definition) is 1. The van der Waals surface area contributed by atoms with Crippen LogP contribution in [0.15, 0.2) is 22.7 Å². The van der Waals surface area contributed by atoms with Crippen molar-refractivity contribution in [1.82, 2.24) is 0 Å². The molecule has 0 atom stereocenters. The summed E-state index contributed by atoms with van der Waals surface area (Å²) >= 11 is 3.51. The van der Waals surface area contributed by atoms with Gasteiger partial charge in [-0.25, -0.2) is 0 Å². The lowest BCUT2D eigenvalue weighted by atomic mass is 9.51. The molecule has 4 bridgehead atoms. The Labute approximate surface area is 129 Å². The largest absolute Gasteiger partial charge is 0.508 e. The first kappa shape index (κ1) is 13.2. The quantitative estimate of drug-likeness (QED) is 0.809. The van der Waals surface area contributed by atoms with Gasteiger partial charge in [-0.1, -0.05) is 15.9 Å². The predicted molar refractivity (Wildman–Crippen MR) is 84.7 cm³/mol. The van der Waals surface area contributed by atoms with E-state index in [1.165, 1.54) is 38.5 Å². The van der Waals surface area contributed by atoms with Gasteiger partial charge in [-0.05, 0) is 98.3 Å². The Hall–Kier alpha value is -0.500. The van der Waals surface area contributed by atoms with Gasteiger partial charge < -0.3 is 5.11 Å². The molecular formula is C18H23BrO. The normalized spacial score (nSPS) is 38.4. The minimum absolute atomic E-state index is 0.469. The molecule has 108 valence electrons. The summed E-state index contributed by atoms with van der Waals surface area (Å²) in [5, 5.41) is 10.00. The van der Waals surface area contributed by atoms with E-state index in [0.717, 1.165) is 46.0 Å². The van der Waals surface area contributed by atoms with Crippen molar-refractivity contribution in [2.24, 2.45) is 29.6 Å². The minimum atomic E-state index is 0.469. The van der Waals surface area contributed by atoms with Gasteiger partial charge in [-0.3, -0.25) is 0 Å². The molecule has 2 heteroatoms. The van der Waals surface area contributed by atoms with Gasteiger partial charge in [0.25, 0.3) is 0 Å². The van der Waals surface area contributed by atoms with E-state index in [1.807, 2.05) is 12.1 Å². The van der Waals surface area contributed by atoms with Crippen LogP contribution in [0.25, 0.3) is 0 Å². The Balaban J connectivity index is 1.46. The Bertz CT molecular complexity index is 482. The van der Waals surface area contributed by atoms with Gasteiger partial charge in [-0.15, -0.1) is 0 Å². The maximum Gasteiger partial charge on any atom is 0.118 e. The average molecular weight is 335 g/mol. The SMILES string of the molecule is Oc1ccc(Br)cc1CCC1C2CC3CC(C2)CC1C3. The molecular weight excluding hydrogens is 312 g/mol. The van der Waals surface area contributed by atoms with E-state index in [1.54, 1.807) is 0 Å². The van der Waals surface area contributed by atoms with Gasteiger partial charge in [0.15, 0.2) is 0 Å². The maximum atomic E-state index is 10.00. The Morgan fingerprint density at radius 3 is 2.30 bits per heavy atom. The van der Waals surface area contributed by atoms with Crippen LogP contribution in [-0.2, 0) is 6.42 Å². The smallest absolute Gasteiger partial charge is 0.118 e. The van der Waals surface area contributed by atoms with E-state index in [2.05, 4.69) is 22.0 Å². The van der Waals surface area contributed by atoms with E-state index in [-0.39, 0.29) is 0 Å². The number of hydrogen-bond donors (Lipinski definition) is 1. The molecule has 4 aliphatic rings. The van der Waals surface area contributed by atoms with Crippen LogP contribution >= 0.6 is 15.9 Å². The van der Waals surface area contributed by atoms with Crippen molar-refractivity contribution in [3.05, 3.63) is 28.2 Å². The van der Waals surface area contributed by atoms with Crippen molar-refractivity contribution in [2.45, 2.75) is 44.9 Å². The lowest BCUT2D eigenvalue weighted by Gasteiger charge is -2.54. The van der Waals surface area contributed by atoms with Gasteiger partial charge >= 0.3 is 0 Å².